The molecule has 3 aromatic rings. The number of hydrogen-bond donors (Lipinski definition) is 1. The lowest BCUT2D eigenvalue weighted by Crippen LogP contribution is -2.46. The van der Waals surface area contributed by atoms with Crippen LogP contribution in [-0.4, -0.2) is 61.0 Å². The van der Waals surface area contributed by atoms with Gasteiger partial charge in [0, 0.05) is 37.7 Å². The van der Waals surface area contributed by atoms with Crippen LogP contribution in [0.2, 0.25) is 5.02 Å². The highest BCUT2D eigenvalue weighted by Gasteiger charge is 2.31. The number of morpholine rings is 1. The van der Waals surface area contributed by atoms with Crippen LogP contribution >= 0.6 is 11.6 Å². The van der Waals surface area contributed by atoms with E-state index in [0.29, 0.717) is 31.3 Å². The van der Waals surface area contributed by atoms with E-state index in [-0.39, 0.29) is 18.2 Å². The zero-order valence-corrected chi connectivity index (χ0v) is 21.1. The number of rotatable bonds is 10. The molecule has 1 aliphatic heterocycles. The summed E-state index contributed by atoms with van der Waals surface area (Å²) < 4.78 is 5.41. The Morgan fingerprint density at radius 2 is 1.53 bits per heavy atom. The standard InChI is InChI=1S/C29H32ClN3O3/c30-26-13-11-23(12-14-26)21-27(34)33(22-24-7-3-1-4-8-24)28(25-9-5-2-6-10-25)29(35)31-15-16-32-17-19-36-20-18-32/h1-14,28H,15-22H2,(H,31,35)/t28-/m0/s1. The van der Waals surface area contributed by atoms with E-state index in [9.17, 15) is 9.59 Å². The molecule has 0 saturated carbocycles. The predicted octanol–water partition coefficient (Wildman–Crippen LogP) is 4.10. The molecule has 7 heteroatoms. The van der Waals surface area contributed by atoms with Gasteiger partial charge in [-0.1, -0.05) is 84.4 Å². The molecule has 0 bridgehead atoms. The Hall–Kier alpha value is -3.19. The first-order valence-corrected chi connectivity index (χ1v) is 12.7. The summed E-state index contributed by atoms with van der Waals surface area (Å²) in [4.78, 5) is 31.3. The van der Waals surface area contributed by atoms with Gasteiger partial charge in [-0.15, -0.1) is 0 Å². The number of halogens is 1. The fourth-order valence-electron chi connectivity index (χ4n) is 4.35. The number of hydrogen-bond acceptors (Lipinski definition) is 4. The minimum absolute atomic E-state index is 0.127. The van der Waals surface area contributed by atoms with Gasteiger partial charge < -0.3 is 15.0 Å². The first-order chi connectivity index (χ1) is 17.6. The molecule has 188 valence electrons. The van der Waals surface area contributed by atoms with Crippen molar-refractivity contribution < 1.29 is 14.3 Å². The van der Waals surface area contributed by atoms with Crippen molar-refractivity contribution in [3.8, 4) is 0 Å². The van der Waals surface area contributed by atoms with E-state index in [1.54, 1.807) is 17.0 Å². The lowest BCUT2D eigenvalue weighted by Gasteiger charge is -2.32. The Labute approximate surface area is 217 Å². The van der Waals surface area contributed by atoms with Crippen LogP contribution in [-0.2, 0) is 27.3 Å². The average molecular weight is 506 g/mol. The third-order valence-corrected chi connectivity index (χ3v) is 6.54. The van der Waals surface area contributed by atoms with Crippen molar-refractivity contribution in [3.63, 3.8) is 0 Å². The smallest absolute Gasteiger partial charge is 0.247 e. The minimum Gasteiger partial charge on any atom is -0.379 e. The summed E-state index contributed by atoms with van der Waals surface area (Å²) in [5, 5.41) is 3.71. The lowest BCUT2D eigenvalue weighted by molar-refractivity contribution is -0.141. The van der Waals surface area contributed by atoms with Crippen molar-refractivity contribution in [2.75, 3.05) is 39.4 Å². The molecule has 0 unspecified atom stereocenters. The highest BCUT2D eigenvalue weighted by atomic mass is 35.5. The van der Waals surface area contributed by atoms with Crippen molar-refractivity contribution in [3.05, 3.63) is 107 Å². The first kappa shape index (κ1) is 25.9. The van der Waals surface area contributed by atoms with Crippen molar-refractivity contribution in [1.82, 2.24) is 15.1 Å². The molecular formula is C29H32ClN3O3. The van der Waals surface area contributed by atoms with Crippen LogP contribution in [0.3, 0.4) is 0 Å². The van der Waals surface area contributed by atoms with Crippen LogP contribution in [0.5, 0.6) is 0 Å². The maximum atomic E-state index is 13.7. The first-order valence-electron chi connectivity index (χ1n) is 12.3. The van der Waals surface area contributed by atoms with Gasteiger partial charge in [-0.2, -0.15) is 0 Å². The number of nitrogens with one attached hydrogen (secondary N) is 1. The summed E-state index contributed by atoms with van der Waals surface area (Å²) in [5.74, 6) is -0.312. The van der Waals surface area contributed by atoms with Crippen molar-refractivity contribution in [2.45, 2.75) is 19.0 Å². The maximum absolute atomic E-state index is 13.7. The molecule has 36 heavy (non-hydrogen) atoms. The van der Waals surface area contributed by atoms with Crippen LogP contribution in [0.25, 0.3) is 0 Å². The third kappa shape index (κ3) is 7.40. The molecule has 1 atom stereocenters. The van der Waals surface area contributed by atoms with Gasteiger partial charge in [0.2, 0.25) is 11.8 Å². The van der Waals surface area contributed by atoms with Gasteiger partial charge in [0.1, 0.15) is 6.04 Å². The summed E-state index contributed by atoms with van der Waals surface area (Å²) in [6.07, 6.45) is 0.175. The summed E-state index contributed by atoms with van der Waals surface area (Å²) in [5.41, 5.74) is 2.59. The van der Waals surface area contributed by atoms with E-state index in [2.05, 4.69) is 10.2 Å². The van der Waals surface area contributed by atoms with E-state index >= 15 is 0 Å². The molecule has 1 saturated heterocycles. The molecule has 1 N–H and O–H groups in total. The van der Waals surface area contributed by atoms with Crippen molar-refractivity contribution >= 4 is 23.4 Å². The normalized spacial score (nSPS) is 14.7. The van der Waals surface area contributed by atoms with Crippen LogP contribution in [0.4, 0.5) is 0 Å². The fraction of sp³-hybridized carbons (Fsp3) is 0.310. The zero-order valence-electron chi connectivity index (χ0n) is 20.3. The molecule has 1 fully saturated rings. The van der Waals surface area contributed by atoms with E-state index in [1.165, 1.54) is 0 Å². The quantitative estimate of drug-likeness (QED) is 0.450. The van der Waals surface area contributed by atoms with Gasteiger partial charge in [-0.05, 0) is 28.8 Å². The van der Waals surface area contributed by atoms with Gasteiger partial charge in [0.25, 0.3) is 0 Å². The number of carbonyl (C=O) groups excluding carboxylic acids is 2. The molecule has 0 aromatic heterocycles. The summed E-state index contributed by atoms with van der Waals surface area (Å²) in [6, 6.07) is 25.8. The van der Waals surface area contributed by atoms with E-state index in [1.807, 2.05) is 72.8 Å². The van der Waals surface area contributed by atoms with Crippen LogP contribution < -0.4 is 5.32 Å². The topological polar surface area (TPSA) is 61.9 Å². The lowest BCUT2D eigenvalue weighted by atomic mass is 10.0. The molecule has 1 aliphatic rings. The van der Waals surface area contributed by atoms with E-state index in [0.717, 1.165) is 36.3 Å². The Bertz CT molecular complexity index is 1100. The molecule has 2 amide bonds. The second kappa shape index (κ2) is 13.2. The Balaban J connectivity index is 1.57. The molecule has 6 nitrogen and oxygen atoms in total. The zero-order chi connectivity index (χ0) is 25.2. The minimum atomic E-state index is -0.754. The number of nitrogens with zero attached hydrogens (tertiary/aromatic N) is 2. The Kier molecular flexibility index (Phi) is 9.50. The van der Waals surface area contributed by atoms with Gasteiger partial charge in [0.05, 0.1) is 19.6 Å². The maximum Gasteiger partial charge on any atom is 0.247 e. The molecule has 1 heterocycles. The molecule has 0 spiro atoms. The third-order valence-electron chi connectivity index (χ3n) is 6.29. The Morgan fingerprint density at radius 1 is 0.889 bits per heavy atom. The summed E-state index contributed by atoms with van der Waals surface area (Å²) >= 11 is 6.04. The van der Waals surface area contributed by atoms with E-state index in [4.69, 9.17) is 16.3 Å². The molecule has 0 aliphatic carbocycles. The van der Waals surface area contributed by atoms with Crippen LogP contribution in [0.15, 0.2) is 84.9 Å². The van der Waals surface area contributed by atoms with Crippen molar-refractivity contribution in [2.24, 2.45) is 0 Å². The van der Waals surface area contributed by atoms with Crippen LogP contribution in [0.1, 0.15) is 22.7 Å². The second-order valence-corrected chi connectivity index (χ2v) is 9.31. The van der Waals surface area contributed by atoms with Gasteiger partial charge in [-0.25, -0.2) is 0 Å². The van der Waals surface area contributed by atoms with Crippen molar-refractivity contribution in [1.29, 1.82) is 0 Å². The SMILES string of the molecule is O=C(NCCN1CCOCC1)[C@H](c1ccccc1)N(Cc1ccccc1)C(=O)Cc1ccc(Cl)cc1. The predicted molar refractivity (Wildman–Crippen MR) is 142 cm³/mol. The van der Waals surface area contributed by atoms with Gasteiger partial charge in [0.15, 0.2) is 0 Å². The average Bonchev–Trinajstić information content (AvgIpc) is 2.91. The highest BCUT2D eigenvalue weighted by molar-refractivity contribution is 6.30. The number of carbonyl (C=O) groups is 2. The van der Waals surface area contributed by atoms with Gasteiger partial charge >= 0.3 is 0 Å². The number of ether oxygens (including phenoxy) is 1. The summed E-state index contributed by atoms with van der Waals surface area (Å²) in [6.45, 7) is 4.72. The molecular weight excluding hydrogens is 474 g/mol. The number of amides is 2. The Morgan fingerprint density at radius 3 is 2.19 bits per heavy atom. The molecule has 0 radical (unpaired) electrons. The fourth-order valence-corrected chi connectivity index (χ4v) is 4.47. The highest BCUT2D eigenvalue weighted by Crippen LogP contribution is 2.25. The van der Waals surface area contributed by atoms with E-state index < -0.39 is 6.04 Å². The number of benzene rings is 3. The summed E-state index contributed by atoms with van der Waals surface area (Å²) in [7, 11) is 0. The molecule has 4 rings (SSSR count). The van der Waals surface area contributed by atoms with Crippen LogP contribution in [0, 0.1) is 0 Å². The molecule has 3 aromatic carbocycles. The van der Waals surface area contributed by atoms with Gasteiger partial charge in [-0.3, -0.25) is 14.5 Å². The second-order valence-electron chi connectivity index (χ2n) is 8.87. The largest absolute Gasteiger partial charge is 0.379 e. The monoisotopic (exact) mass is 505 g/mol.